The highest BCUT2D eigenvalue weighted by Crippen LogP contribution is 2.12. The first-order valence-corrected chi connectivity index (χ1v) is 12.7. The molecule has 0 unspecified atom stereocenters. The minimum atomic E-state index is -4.08. The molecule has 0 spiro atoms. The van der Waals surface area contributed by atoms with Crippen molar-refractivity contribution in [1.29, 1.82) is 5.26 Å². The lowest BCUT2D eigenvalue weighted by atomic mass is 10.1. The summed E-state index contributed by atoms with van der Waals surface area (Å²) in [4.78, 5) is 37.5. The number of carbonyl (C=O) groups excluding carboxylic acids is 3. The van der Waals surface area contributed by atoms with Crippen LogP contribution in [0.25, 0.3) is 0 Å². The number of aryl methyl sites for hydroxylation is 1. The van der Waals surface area contributed by atoms with E-state index in [4.69, 9.17) is 5.26 Å². The first kappa shape index (κ1) is 28.5. The Hall–Kier alpha value is -3.75. The molecule has 0 fully saturated rings. The van der Waals surface area contributed by atoms with Crippen molar-refractivity contribution < 1.29 is 22.8 Å². The van der Waals surface area contributed by atoms with E-state index in [2.05, 4.69) is 20.7 Å². The SMILES string of the molecule is Cc1ccc(S(=O)(=O)N[C@@H](CC(=O)NC(C)(C)C)C(=O)NCCNC(=O)c2cccc(C#N)c2)cc1. The van der Waals surface area contributed by atoms with Gasteiger partial charge in [-0.25, -0.2) is 8.42 Å². The summed E-state index contributed by atoms with van der Waals surface area (Å²) in [7, 11) is -4.08. The fraction of sp³-hybridized carbons (Fsp3) is 0.360. The van der Waals surface area contributed by atoms with Gasteiger partial charge in [-0.15, -0.1) is 0 Å². The Labute approximate surface area is 211 Å². The normalized spacial score (nSPS) is 12.2. The zero-order valence-corrected chi connectivity index (χ0v) is 21.5. The highest BCUT2D eigenvalue weighted by atomic mass is 32.2. The summed E-state index contributed by atoms with van der Waals surface area (Å²) in [6.45, 7) is 7.16. The molecular formula is C25H31N5O5S. The molecule has 0 bridgehead atoms. The molecule has 0 radical (unpaired) electrons. The molecule has 0 aliphatic rings. The smallest absolute Gasteiger partial charge is 0.251 e. The van der Waals surface area contributed by atoms with Gasteiger partial charge in [0, 0.05) is 24.2 Å². The quantitative estimate of drug-likeness (QED) is 0.351. The lowest BCUT2D eigenvalue weighted by Gasteiger charge is -2.23. The van der Waals surface area contributed by atoms with E-state index in [-0.39, 0.29) is 18.0 Å². The Morgan fingerprint density at radius 2 is 1.64 bits per heavy atom. The van der Waals surface area contributed by atoms with Gasteiger partial charge in [0.15, 0.2) is 0 Å². The Morgan fingerprint density at radius 3 is 2.25 bits per heavy atom. The lowest BCUT2D eigenvalue weighted by Crippen LogP contribution is -2.51. The van der Waals surface area contributed by atoms with Gasteiger partial charge in [-0.2, -0.15) is 9.98 Å². The van der Waals surface area contributed by atoms with Crippen LogP contribution in [0.1, 0.15) is 48.7 Å². The minimum Gasteiger partial charge on any atom is -0.353 e. The average Bonchev–Trinajstić information content (AvgIpc) is 2.80. The van der Waals surface area contributed by atoms with Crippen molar-refractivity contribution >= 4 is 27.7 Å². The summed E-state index contributed by atoms with van der Waals surface area (Å²) in [5.41, 5.74) is 0.937. The molecule has 0 saturated heterocycles. The fourth-order valence-corrected chi connectivity index (χ4v) is 4.33. The van der Waals surface area contributed by atoms with E-state index < -0.39 is 45.7 Å². The number of benzene rings is 2. The molecule has 3 amide bonds. The van der Waals surface area contributed by atoms with Crippen molar-refractivity contribution in [3.05, 3.63) is 65.2 Å². The largest absolute Gasteiger partial charge is 0.353 e. The predicted octanol–water partition coefficient (Wildman–Crippen LogP) is 1.36. The zero-order chi connectivity index (χ0) is 26.9. The molecule has 2 aromatic rings. The first-order valence-electron chi connectivity index (χ1n) is 11.3. The third-order valence-corrected chi connectivity index (χ3v) is 6.30. The van der Waals surface area contributed by atoms with Crippen LogP contribution in [0.2, 0.25) is 0 Å². The number of nitriles is 1. The topological polar surface area (TPSA) is 157 Å². The monoisotopic (exact) mass is 513 g/mol. The van der Waals surface area contributed by atoms with Crippen molar-refractivity contribution in [2.45, 2.75) is 50.6 Å². The van der Waals surface area contributed by atoms with Crippen LogP contribution in [0.15, 0.2) is 53.4 Å². The van der Waals surface area contributed by atoms with E-state index in [1.165, 1.54) is 18.2 Å². The van der Waals surface area contributed by atoms with Crippen molar-refractivity contribution in [2.75, 3.05) is 13.1 Å². The zero-order valence-electron chi connectivity index (χ0n) is 20.7. The maximum absolute atomic E-state index is 12.9. The number of nitrogens with one attached hydrogen (secondary N) is 4. The van der Waals surface area contributed by atoms with Gasteiger partial charge in [-0.3, -0.25) is 14.4 Å². The van der Waals surface area contributed by atoms with E-state index in [1.54, 1.807) is 51.1 Å². The molecular weight excluding hydrogens is 482 g/mol. The van der Waals surface area contributed by atoms with Crippen molar-refractivity contribution in [1.82, 2.24) is 20.7 Å². The second-order valence-electron chi connectivity index (χ2n) is 9.23. The highest BCUT2D eigenvalue weighted by molar-refractivity contribution is 7.89. The van der Waals surface area contributed by atoms with Crippen LogP contribution in [0, 0.1) is 18.3 Å². The molecule has 0 saturated carbocycles. The maximum atomic E-state index is 12.9. The maximum Gasteiger partial charge on any atom is 0.251 e. The first-order chi connectivity index (χ1) is 16.8. The number of amides is 3. The van der Waals surface area contributed by atoms with Crippen LogP contribution >= 0.6 is 0 Å². The second-order valence-corrected chi connectivity index (χ2v) is 10.9. The summed E-state index contributed by atoms with van der Waals surface area (Å²) >= 11 is 0. The number of sulfonamides is 1. The van der Waals surface area contributed by atoms with Gasteiger partial charge in [0.1, 0.15) is 6.04 Å². The van der Waals surface area contributed by atoms with Crippen LogP contribution in [0.4, 0.5) is 0 Å². The number of rotatable bonds is 10. The number of carbonyl (C=O) groups is 3. The minimum absolute atomic E-state index is 0.00777. The summed E-state index contributed by atoms with van der Waals surface area (Å²) in [5, 5.41) is 16.8. The van der Waals surface area contributed by atoms with Gasteiger partial charge in [0.25, 0.3) is 5.91 Å². The lowest BCUT2D eigenvalue weighted by molar-refractivity contribution is -0.128. The van der Waals surface area contributed by atoms with Gasteiger partial charge in [-0.05, 0) is 58.0 Å². The van der Waals surface area contributed by atoms with Gasteiger partial charge in [-0.1, -0.05) is 23.8 Å². The summed E-state index contributed by atoms with van der Waals surface area (Å²) < 4.78 is 28.0. The molecule has 2 aromatic carbocycles. The van der Waals surface area contributed by atoms with E-state index in [0.29, 0.717) is 11.1 Å². The standard InChI is InChI=1S/C25H31N5O5S/c1-17-8-10-20(11-9-17)36(34,35)30-21(15-22(31)29-25(2,3)4)24(33)28-13-12-27-23(32)19-7-5-6-18(14-19)16-26/h5-11,14,21,30H,12-13,15H2,1-4H3,(H,27,32)(H,28,33)(H,29,31)/t21-/m0/s1. The van der Waals surface area contributed by atoms with Gasteiger partial charge in [0.2, 0.25) is 21.8 Å². The van der Waals surface area contributed by atoms with Gasteiger partial charge < -0.3 is 16.0 Å². The number of hydrogen-bond acceptors (Lipinski definition) is 6. The molecule has 4 N–H and O–H groups in total. The molecule has 0 aromatic heterocycles. The summed E-state index contributed by atoms with van der Waals surface area (Å²) in [6.07, 6.45) is -0.415. The molecule has 1 atom stereocenters. The number of hydrogen-bond donors (Lipinski definition) is 4. The van der Waals surface area contributed by atoms with E-state index >= 15 is 0 Å². The molecule has 0 aliphatic heterocycles. The Kier molecular flexibility index (Phi) is 9.72. The van der Waals surface area contributed by atoms with E-state index in [9.17, 15) is 22.8 Å². The van der Waals surface area contributed by atoms with E-state index in [0.717, 1.165) is 5.56 Å². The fourth-order valence-electron chi connectivity index (χ4n) is 3.13. The van der Waals surface area contributed by atoms with Crippen LogP contribution in [-0.2, 0) is 19.6 Å². The number of nitrogens with zero attached hydrogens (tertiary/aromatic N) is 1. The van der Waals surface area contributed by atoms with Gasteiger partial charge >= 0.3 is 0 Å². The van der Waals surface area contributed by atoms with Crippen molar-refractivity contribution in [3.8, 4) is 6.07 Å². The molecule has 10 nitrogen and oxygen atoms in total. The molecule has 36 heavy (non-hydrogen) atoms. The molecule has 2 rings (SSSR count). The van der Waals surface area contributed by atoms with Crippen molar-refractivity contribution in [3.63, 3.8) is 0 Å². The van der Waals surface area contributed by atoms with Crippen LogP contribution < -0.4 is 20.7 Å². The third-order valence-electron chi connectivity index (χ3n) is 4.81. The summed E-state index contributed by atoms with van der Waals surface area (Å²) in [6, 6.07) is 12.8. The van der Waals surface area contributed by atoms with Crippen LogP contribution in [0.3, 0.4) is 0 Å². The van der Waals surface area contributed by atoms with Crippen LogP contribution in [0.5, 0.6) is 0 Å². The Bertz CT molecular complexity index is 1240. The van der Waals surface area contributed by atoms with Crippen molar-refractivity contribution in [2.24, 2.45) is 0 Å². The van der Waals surface area contributed by atoms with Crippen LogP contribution in [-0.4, -0.2) is 50.8 Å². The molecule has 11 heteroatoms. The summed E-state index contributed by atoms with van der Waals surface area (Å²) in [5.74, 6) is -1.64. The third kappa shape index (κ3) is 9.13. The molecule has 192 valence electrons. The van der Waals surface area contributed by atoms with E-state index in [1.807, 2.05) is 13.0 Å². The second kappa shape index (κ2) is 12.3. The predicted molar refractivity (Wildman–Crippen MR) is 134 cm³/mol. The Balaban J connectivity index is 2.04. The Morgan fingerprint density at radius 1 is 1.00 bits per heavy atom. The molecule has 0 heterocycles. The average molecular weight is 514 g/mol. The highest BCUT2D eigenvalue weighted by Gasteiger charge is 2.29. The molecule has 0 aliphatic carbocycles. The van der Waals surface area contributed by atoms with Gasteiger partial charge in [0.05, 0.1) is 22.9 Å².